The molecule has 0 spiro atoms. The smallest absolute Gasteiger partial charge is 0.266 e. The van der Waals surface area contributed by atoms with Crippen LogP contribution in [0.1, 0.15) is 50.5 Å². The highest BCUT2D eigenvalue weighted by atomic mass is 32.2. The van der Waals surface area contributed by atoms with E-state index in [4.69, 9.17) is 5.26 Å². The molecule has 1 saturated carbocycles. The van der Waals surface area contributed by atoms with Crippen LogP contribution in [0.5, 0.6) is 0 Å². The molecule has 1 N–H and O–H groups in total. The van der Waals surface area contributed by atoms with Crippen molar-refractivity contribution in [1.82, 2.24) is 14.9 Å². The number of para-hydroxylation sites is 1. The Labute approximate surface area is 191 Å². The zero-order valence-corrected chi connectivity index (χ0v) is 18.7. The average Bonchev–Trinajstić information content (AvgIpc) is 2.80. The molecule has 7 heteroatoms. The Morgan fingerprint density at radius 3 is 2.47 bits per heavy atom. The van der Waals surface area contributed by atoms with Crippen molar-refractivity contribution in [2.45, 2.75) is 56.1 Å². The Balaban J connectivity index is 1.58. The van der Waals surface area contributed by atoms with Gasteiger partial charge in [0, 0.05) is 6.04 Å². The molecule has 6 nitrogen and oxygen atoms in total. The van der Waals surface area contributed by atoms with E-state index in [1.54, 1.807) is 36.4 Å². The minimum atomic E-state index is -0.191. The third-order valence-electron chi connectivity index (χ3n) is 5.80. The summed E-state index contributed by atoms with van der Waals surface area (Å²) in [6.07, 6.45) is 8.13. The number of nitriles is 1. The fraction of sp³-hybridized carbons (Fsp3) is 0.360. The maximum Gasteiger partial charge on any atom is 0.266 e. The molecule has 1 amide bonds. The van der Waals surface area contributed by atoms with Crippen molar-refractivity contribution >= 4 is 28.6 Å². The summed E-state index contributed by atoms with van der Waals surface area (Å²) >= 11 is 1.26. The number of thioether (sulfide) groups is 1. The van der Waals surface area contributed by atoms with E-state index in [-0.39, 0.29) is 23.3 Å². The van der Waals surface area contributed by atoms with Gasteiger partial charge in [-0.05, 0) is 49.2 Å². The van der Waals surface area contributed by atoms with Gasteiger partial charge < -0.3 is 5.32 Å². The molecule has 0 aliphatic heterocycles. The van der Waals surface area contributed by atoms with Crippen molar-refractivity contribution in [1.29, 1.82) is 5.26 Å². The molecule has 3 aromatic rings. The summed E-state index contributed by atoms with van der Waals surface area (Å²) in [5.41, 5.74) is 1.55. The molecule has 0 unspecified atom stereocenters. The van der Waals surface area contributed by atoms with E-state index < -0.39 is 0 Å². The van der Waals surface area contributed by atoms with Gasteiger partial charge in [-0.3, -0.25) is 14.2 Å². The minimum Gasteiger partial charge on any atom is -0.353 e. The van der Waals surface area contributed by atoms with Gasteiger partial charge in [-0.1, -0.05) is 56.0 Å². The van der Waals surface area contributed by atoms with E-state index in [1.165, 1.54) is 35.6 Å². The molecule has 1 heterocycles. The molecule has 0 radical (unpaired) electrons. The number of nitrogens with zero attached hydrogens (tertiary/aromatic N) is 3. The summed E-state index contributed by atoms with van der Waals surface area (Å²) in [6, 6.07) is 16.3. The van der Waals surface area contributed by atoms with Crippen LogP contribution in [0.25, 0.3) is 16.6 Å². The highest BCUT2D eigenvalue weighted by Crippen LogP contribution is 2.22. The molecule has 0 atom stereocenters. The van der Waals surface area contributed by atoms with Crippen LogP contribution in [0.3, 0.4) is 0 Å². The summed E-state index contributed by atoms with van der Waals surface area (Å²) < 4.78 is 1.53. The Hall–Kier alpha value is -3.11. The second-order valence-electron chi connectivity index (χ2n) is 8.11. The minimum absolute atomic E-state index is 0.0330. The molecule has 1 aromatic heterocycles. The number of fused-ring (bicyclic) bond motifs is 1. The van der Waals surface area contributed by atoms with Crippen LogP contribution in [0.15, 0.2) is 58.5 Å². The van der Waals surface area contributed by atoms with Gasteiger partial charge in [-0.15, -0.1) is 0 Å². The number of hydrogen-bond donors (Lipinski definition) is 1. The number of carbonyl (C=O) groups excluding carboxylic acids is 1. The molecule has 164 valence electrons. The van der Waals surface area contributed by atoms with Crippen LogP contribution >= 0.6 is 11.8 Å². The lowest BCUT2D eigenvalue weighted by atomic mass is 9.97. The zero-order valence-electron chi connectivity index (χ0n) is 17.9. The number of rotatable bonds is 5. The normalized spacial score (nSPS) is 15.0. The number of amides is 1. The highest BCUT2D eigenvalue weighted by Gasteiger charge is 2.17. The van der Waals surface area contributed by atoms with E-state index in [9.17, 15) is 9.59 Å². The van der Waals surface area contributed by atoms with Gasteiger partial charge in [-0.25, -0.2) is 4.98 Å². The van der Waals surface area contributed by atoms with Crippen LogP contribution in [0.2, 0.25) is 0 Å². The van der Waals surface area contributed by atoms with Crippen LogP contribution in [-0.4, -0.2) is 27.3 Å². The first kappa shape index (κ1) is 22.1. The van der Waals surface area contributed by atoms with Crippen molar-refractivity contribution in [2.75, 3.05) is 5.75 Å². The van der Waals surface area contributed by atoms with Gasteiger partial charge in [0.05, 0.1) is 34.0 Å². The van der Waals surface area contributed by atoms with E-state index in [0.29, 0.717) is 27.3 Å². The van der Waals surface area contributed by atoms with Crippen molar-refractivity contribution in [3.63, 3.8) is 0 Å². The maximum atomic E-state index is 13.3. The quantitative estimate of drug-likeness (QED) is 0.458. The molecular weight excluding hydrogens is 420 g/mol. The summed E-state index contributed by atoms with van der Waals surface area (Å²) in [7, 11) is 0. The van der Waals surface area contributed by atoms with E-state index in [0.717, 1.165) is 25.7 Å². The lowest BCUT2D eigenvalue weighted by molar-refractivity contribution is -0.119. The molecule has 1 aliphatic rings. The van der Waals surface area contributed by atoms with E-state index in [2.05, 4.69) is 16.4 Å². The van der Waals surface area contributed by atoms with Gasteiger partial charge >= 0.3 is 0 Å². The van der Waals surface area contributed by atoms with Crippen molar-refractivity contribution in [3.8, 4) is 11.8 Å². The van der Waals surface area contributed by atoms with Gasteiger partial charge in [0.2, 0.25) is 5.91 Å². The second kappa shape index (κ2) is 10.5. The topological polar surface area (TPSA) is 87.8 Å². The fourth-order valence-corrected chi connectivity index (χ4v) is 4.95. The third kappa shape index (κ3) is 5.20. The first-order valence-electron chi connectivity index (χ1n) is 11.1. The number of nitrogens with one attached hydrogen (secondary N) is 1. The third-order valence-corrected chi connectivity index (χ3v) is 6.74. The lowest BCUT2D eigenvalue weighted by Crippen LogP contribution is -2.36. The molecular formula is C25H26N4O2S. The number of carbonyl (C=O) groups is 1. The molecule has 4 rings (SSSR count). The fourth-order valence-electron chi connectivity index (χ4n) is 4.12. The van der Waals surface area contributed by atoms with Crippen molar-refractivity contribution < 1.29 is 4.79 Å². The van der Waals surface area contributed by atoms with Crippen molar-refractivity contribution in [3.05, 3.63) is 64.4 Å². The largest absolute Gasteiger partial charge is 0.353 e. The van der Waals surface area contributed by atoms with Gasteiger partial charge in [-0.2, -0.15) is 5.26 Å². The molecule has 0 saturated heterocycles. The summed E-state index contributed by atoms with van der Waals surface area (Å²) in [5.74, 6) is 0.159. The average molecular weight is 447 g/mol. The monoisotopic (exact) mass is 446 g/mol. The first-order valence-corrected chi connectivity index (χ1v) is 12.1. The van der Waals surface area contributed by atoms with E-state index >= 15 is 0 Å². The number of aromatic nitrogens is 2. The Kier molecular flexibility index (Phi) is 7.23. The maximum absolute atomic E-state index is 13.3. The Bertz CT molecular complexity index is 1190. The van der Waals surface area contributed by atoms with Gasteiger partial charge in [0.1, 0.15) is 0 Å². The van der Waals surface area contributed by atoms with Crippen molar-refractivity contribution in [2.24, 2.45) is 0 Å². The highest BCUT2D eigenvalue weighted by molar-refractivity contribution is 7.99. The molecule has 1 aliphatic carbocycles. The molecule has 0 bridgehead atoms. The number of hydrogen-bond acceptors (Lipinski definition) is 5. The van der Waals surface area contributed by atoms with Gasteiger partial charge in [0.25, 0.3) is 5.56 Å². The number of benzene rings is 2. The van der Waals surface area contributed by atoms with Crippen LogP contribution in [0, 0.1) is 11.3 Å². The molecule has 32 heavy (non-hydrogen) atoms. The van der Waals surface area contributed by atoms with Gasteiger partial charge in [0.15, 0.2) is 5.16 Å². The van der Waals surface area contributed by atoms with Crippen LogP contribution in [0.4, 0.5) is 0 Å². The summed E-state index contributed by atoms with van der Waals surface area (Å²) in [4.78, 5) is 30.6. The van der Waals surface area contributed by atoms with Crippen LogP contribution < -0.4 is 10.9 Å². The van der Waals surface area contributed by atoms with Crippen LogP contribution in [-0.2, 0) is 4.79 Å². The Morgan fingerprint density at radius 1 is 1.06 bits per heavy atom. The first-order chi connectivity index (χ1) is 15.7. The standard InChI is InChI=1S/C25H26N4O2S/c26-16-18-12-14-20(15-13-18)29-24(31)21-10-6-7-11-22(21)28-25(29)32-17-23(30)27-19-8-4-2-1-3-5-9-19/h6-7,10-15,19H,1-5,8-9,17H2,(H,27,30). The molecule has 2 aromatic carbocycles. The SMILES string of the molecule is N#Cc1ccc(-n2c(SCC(=O)NC3CCCCCCC3)nc3ccccc3c2=O)cc1. The molecule has 1 fully saturated rings. The second-order valence-corrected chi connectivity index (χ2v) is 9.05. The summed E-state index contributed by atoms with van der Waals surface area (Å²) in [6.45, 7) is 0. The Morgan fingerprint density at radius 2 is 1.75 bits per heavy atom. The predicted octanol–water partition coefficient (Wildman–Crippen LogP) is 4.58. The summed E-state index contributed by atoms with van der Waals surface area (Å²) in [5, 5.41) is 13.2. The lowest BCUT2D eigenvalue weighted by Gasteiger charge is -2.21. The van der Waals surface area contributed by atoms with E-state index in [1.807, 2.05) is 12.1 Å². The predicted molar refractivity (Wildman–Crippen MR) is 127 cm³/mol. The zero-order chi connectivity index (χ0) is 22.3.